The molecule has 0 fully saturated rings. The first-order valence-electron chi connectivity index (χ1n) is 14.3. The van der Waals surface area contributed by atoms with Crippen LogP contribution in [0.4, 0.5) is 0 Å². The maximum atomic E-state index is 13.9. The van der Waals surface area contributed by atoms with E-state index < -0.39 is 0 Å². The fraction of sp³-hybridized carbons (Fsp3) is 0.229. The average molecular weight is 558 g/mol. The molecule has 5 aliphatic heterocycles. The Morgan fingerprint density at radius 2 is 1.71 bits per heavy atom. The lowest BCUT2D eigenvalue weighted by Gasteiger charge is -2.38. The normalized spacial score (nSPS) is 16.8. The van der Waals surface area contributed by atoms with Crippen molar-refractivity contribution in [3.63, 3.8) is 0 Å². The van der Waals surface area contributed by atoms with Crippen molar-refractivity contribution in [1.29, 1.82) is 5.26 Å². The number of carbonyl (C=O) groups excluding carboxylic acids is 2. The van der Waals surface area contributed by atoms with E-state index in [9.17, 15) is 14.9 Å². The van der Waals surface area contributed by atoms with Gasteiger partial charge in [-0.05, 0) is 96.1 Å². The van der Waals surface area contributed by atoms with Crippen LogP contribution in [-0.2, 0) is 17.6 Å². The minimum absolute atomic E-state index is 0.0156. The molecule has 5 heterocycles. The van der Waals surface area contributed by atoms with Crippen LogP contribution in [0, 0.1) is 11.3 Å². The van der Waals surface area contributed by atoms with E-state index in [1.54, 1.807) is 24.3 Å². The molecule has 1 unspecified atom stereocenters. The van der Waals surface area contributed by atoms with Crippen molar-refractivity contribution in [2.45, 2.75) is 31.7 Å². The molecular weight excluding hydrogens is 526 g/mol. The van der Waals surface area contributed by atoms with Crippen molar-refractivity contribution in [2.24, 2.45) is 0 Å². The molecule has 4 aromatic carbocycles. The molecule has 0 radical (unpaired) electrons. The Morgan fingerprint density at radius 1 is 0.881 bits per heavy atom. The highest BCUT2D eigenvalue weighted by molar-refractivity contribution is 5.95. The summed E-state index contributed by atoms with van der Waals surface area (Å²) in [7, 11) is 0. The van der Waals surface area contributed by atoms with Crippen LogP contribution in [0.25, 0.3) is 0 Å². The van der Waals surface area contributed by atoms with Gasteiger partial charge in [0.25, 0.3) is 5.91 Å². The van der Waals surface area contributed by atoms with Gasteiger partial charge in [0.2, 0.25) is 5.91 Å². The largest absolute Gasteiger partial charge is 0.494 e. The number of carbonyl (C=O) groups is 2. The van der Waals surface area contributed by atoms with E-state index in [-0.39, 0.29) is 17.9 Å². The van der Waals surface area contributed by atoms with Gasteiger partial charge in [0.1, 0.15) is 17.2 Å². The molecule has 42 heavy (non-hydrogen) atoms. The van der Waals surface area contributed by atoms with Crippen molar-refractivity contribution in [3.05, 3.63) is 124 Å². The number of nitriles is 1. The standard InChI is InChI=1S/C35H31N3O4/c36-23-25-4-1-6-28(20-25)35(40)38-18-16-26-21-31-13-14-32(26)34(38)27-5-2-7-30(22-27)41-19-3-17-37-33(39)15-10-24-8-11-29(42-31)12-9-24/h1-2,4-9,11-14,20-22,34H,3,10,15-19H2,(H,37,39). The van der Waals surface area contributed by atoms with Crippen molar-refractivity contribution < 1.29 is 19.1 Å². The first-order chi connectivity index (χ1) is 20.6. The third-order valence-electron chi connectivity index (χ3n) is 7.73. The molecule has 5 aliphatic rings. The predicted molar refractivity (Wildman–Crippen MR) is 159 cm³/mol. The third-order valence-corrected chi connectivity index (χ3v) is 7.73. The Labute approximate surface area is 245 Å². The summed E-state index contributed by atoms with van der Waals surface area (Å²) in [5, 5.41) is 12.4. The summed E-state index contributed by atoms with van der Waals surface area (Å²) in [6, 6.07) is 30.4. The second-order valence-corrected chi connectivity index (χ2v) is 10.6. The first-order valence-corrected chi connectivity index (χ1v) is 14.3. The molecule has 9 rings (SSSR count). The first kappa shape index (κ1) is 27.1. The molecule has 0 aliphatic carbocycles. The Kier molecular flexibility index (Phi) is 7.87. The van der Waals surface area contributed by atoms with Crippen molar-refractivity contribution in [3.8, 4) is 23.3 Å². The zero-order valence-corrected chi connectivity index (χ0v) is 23.2. The number of aryl methyl sites for hydroxylation is 1. The minimum atomic E-state index is -0.350. The Morgan fingerprint density at radius 3 is 2.57 bits per heavy atom. The number of nitrogens with zero attached hydrogens (tertiary/aromatic N) is 2. The van der Waals surface area contributed by atoms with Crippen LogP contribution in [-0.4, -0.2) is 36.4 Å². The second kappa shape index (κ2) is 12.2. The van der Waals surface area contributed by atoms with Gasteiger partial charge in [0.05, 0.1) is 24.3 Å². The maximum absolute atomic E-state index is 13.9. The summed E-state index contributed by atoms with van der Waals surface area (Å²) in [4.78, 5) is 28.1. The van der Waals surface area contributed by atoms with Gasteiger partial charge in [-0.3, -0.25) is 9.59 Å². The van der Waals surface area contributed by atoms with E-state index in [4.69, 9.17) is 9.47 Å². The van der Waals surface area contributed by atoms with Crippen LogP contribution in [0.1, 0.15) is 57.1 Å². The van der Waals surface area contributed by atoms with Crippen LogP contribution in [0.15, 0.2) is 91.0 Å². The average Bonchev–Trinajstić information content (AvgIpc) is 3.03. The van der Waals surface area contributed by atoms with Gasteiger partial charge in [-0.2, -0.15) is 5.26 Å². The topological polar surface area (TPSA) is 91.7 Å². The monoisotopic (exact) mass is 557 g/mol. The molecule has 7 heteroatoms. The van der Waals surface area contributed by atoms with E-state index in [0.29, 0.717) is 62.3 Å². The second-order valence-electron chi connectivity index (χ2n) is 10.6. The van der Waals surface area contributed by atoms with Crippen LogP contribution in [0.5, 0.6) is 17.2 Å². The fourth-order valence-electron chi connectivity index (χ4n) is 5.60. The zero-order chi connectivity index (χ0) is 28.9. The number of ether oxygens (including phenoxy) is 2. The smallest absolute Gasteiger partial charge is 0.254 e. The van der Waals surface area contributed by atoms with Gasteiger partial charge < -0.3 is 19.7 Å². The van der Waals surface area contributed by atoms with Gasteiger partial charge in [-0.15, -0.1) is 0 Å². The lowest BCUT2D eigenvalue weighted by Crippen LogP contribution is -2.40. The number of amides is 2. The van der Waals surface area contributed by atoms with E-state index in [2.05, 4.69) is 17.5 Å². The highest BCUT2D eigenvalue weighted by Crippen LogP contribution is 2.39. The van der Waals surface area contributed by atoms with E-state index in [1.807, 2.05) is 65.6 Å². The van der Waals surface area contributed by atoms with Gasteiger partial charge >= 0.3 is 0 Å². The highest BCUT2D eigenvalue weighted by Gasteiger charge is 2.33. The van der Waals surface area contributed by atoms with Crippen molar-refractivity contribution in [2.75, 3.05) is 19.7 Å². The number of rotatable bonds is 1. The maximum Gasteiger partial charge on any atom is 0.254 e. The van der Waals surface area contributed by atoms with Crippen molar-refractivity contribution >= 4 is 11.8 Å². The Hall–Kier alpha value is -5.09. The van der Waals surface area contributed by atoms with Gasteiger partial charge in [0.15, 0.2) is 0 Å². The summed E-state index contributed by atoms with van der Waals surface area (Å²) in [5.41, 5.74) is 5.08. The molecule has 8 bridgehead atoms. The summed E-state index contributed by atoms with van der Waals surface area (Å²) < 4.78 is 12.3. The summed E-state index contributed by atoms with van der Waals surface area (Å²) >= 11 is 0. The molecule has 4 aromatic rings. The van der Waals surface area contributed by atoms with Gasteiger partial charge in [0, 0.05) is 25.1 Å². The molecule has 1 N–H and O–H groups in total. The van der Waals surface area contributed by atoms with Gasteiger partial charge in [-0.1, -0.05) is 36.4 Å². The molecule has 0 aromatic heterocycles. The lowest BCUT2D eigenvalue weighted by molar-refractivity contribution is -0.121. The van der Waals surface area contributed by atoms with Crippen LogP contribution >= 0.6 is 0 Å². The number of nitrogens with one attached hydrogen (secondary N) is 1. The van der Waals surface area contributed by atoms with Crippen LogP contribution < -0.4 is 14.8 Å². The number of benzene rings is 4. The summed E-state index contributed by atoms with van der Waals surface area (Å²) in [6.07, 6.45) is 2.43. The molecule has 1 atom stereocenters. The summed E-state index contributed by atoms with van der Waals surface area (Å²) in [5.74, 6) is 2.04. The number of hydrogen-bond donors (Lipinski definition) is 1. The Bertz CT molecular complexity index is 1660. The summed E-state index contributed by atoms with van der Waals surface area (Å²) in [6.45, 7) is 1.50. The quantitative estimate of drug-likeness (QED) is 0.311. The molecule has 0 saturated heterocycles. The SMILES string of the molecule is N#Cc1cccc(C(=O)N2CCc3cc4ccc3C2c2cccc(c2)OCCCNC(=O)CCc2ccc(cc2)O4)c1. The Balaban J connectivity index is 1.38. The molecule has 210 valence electrons. The lowest BCUT2D eigenvalue weighted by atomic mass is 9.87. The van der Waals surface area contributed by atoms with Crippen molar-refractivity contribution in [1.82, 2.24) is 10.2 Å². The third kappa shape index (κ3) is 5.98. The molecule has 2 amide bonds. The van der Waals surface area contributed by atoms with Crippen LogP contribution in [0.2, 0.25) is 0 Å². The van der Waals surface area contributed by atoms with Gasteiger partial charge in [-0.25, -0.2) is 0 Å². The minimum Gasteiger partial charge on any atom is -0.494 e. The predicted octanol–water partition coefficient (Wildman–Crippen LogP) is 5.97. The molecule has 0 saturated carbocycles. The highest BCUT2D eigenvalue weighted by atomic mass is 16.5. The van der Waals surface area contributed by atoms with Crippen LogP contribution in [0.3, 0.4) is 0 Å². The number of hydrogen-bond acceptors (Lipinski definition) is 5. The molecule has 0 spiro atoms. The van der Waals surface area contributed by atoms with E-state index in [1.165, 1.54) is 0 Å². The zero-order valence-electron chi connectivity index (χ0n) is 23.2. The fourth-order valence-corrected chi connectivity index (χ4v) is 5.60. The van der Waals surface area contributed by atoms with E-state index in [0.717, 1.165) is 33.8 Å². The van der Waals surface area contributed by atoms with E-state index >= 15 is 0 Å². The molecular formula is C35H31N3O4. The molecule has 7 nitrogen and oxygen atoms in total.